The average Bonchev–Trinajstić information content (AvgIpc) is 3.99. The SMILES string of the molecule is c1ccc(-c2cccc(N(c3cccc(-c4ccccc4)c3)c3cccc(N(c4ccc(-c5ccc(-n6c7ccccc7c7ccccc76)cc5)cc4)c4cccc5c4sc4ccccc45)c3)c2)cc1. The van der Waals surface area contributed by atoms with Crippen LogP contribution in [0.3, 0.4) is 0 Å². The Hall–Kier alpha value is -8.96. The van der Waals surface area contributed by atoms with Crippen LogP contribution >= 0.6 is 11.3 Å². The molecule has 0 saturated heterocycles. The van der Waals surface area contributed by atoms with Crippen LogP contribution in [-0.2, 0) is 0 Å². The Morgan fingerprint density at radius 1 is 0.271 bits per heavy atom. The molecule has 0 fully saturated rings. The van der Waals surface area contributed by atoms with E-state index in [-0.39, 0.29) is 0 Å². The largest absolute Gasteiger partial charge is 0.310 e. The zero-order chi connectivity index (χ0) is 46.4. The lowest BCUT2D eigenvalue weighted by molar-refractivity contribution is 1.18. The fourth-order valence-electron chi connectivity index (χ4n) is 10.3. The van der Waals surface area contributed by atoms with E-state index in [2.05, 4.69) is 287 Å². The molecule has 13 rings (SSSR count). The Morgan fingerprint density at radius 2 is 0.700 bits per heavy atom. The molecule has 2 aromatic heterocycles. The molecule has 0 amide bonds. The number of hydrogen-bond acceptors (Lipinski definition) is 3. The molecule has 11 aromatic carbocycles. The Labute approximate surface area is 411 Å². The van der Waals surface area contributed by atoms with E-state index in [1.807, 2.05) is 11.3 Å². The normalized spacial score (nSPS) is 11.4. The quantitative estimate of drug-likeness (QED) is 0.135. The number of rotatable bonds is 10. The molecule has 0 atom stereocenters. The number of fused-ring (bicyclic) bond motifs is 6. The van der Waals surface area contributed by atoms with Crippen molar-refractivity contribution in [2.24, 2.45) is 0 Å². The van der Waals surface area contributed by atoms with Gasteiger partial charge < -0.3 is 14.4 Å². The summed E-state index contributed by atoms with van der Waals surface area (Å²) < 4.78 is 4.90. The van der Waals surface area contributed by atoms with E-state index in [9.17, 15) is 0 Å². The van der Waals surface area contributed by atoms with E-state index in [1.165, 1.54) is 58.7 Å². The third-order valence-electron chi connectivity index (χ3n) is 13.6. The van der Waals surface area contributed by atoms with Crippen LogP contribution in [0, 0.1) is 0 Å². The number of anilines is 6. The lowest BCUT2D eigenvalue weighted by atomic mass is 10.0. The lowest BCUT2D eigenvalue weighted by Gasteiger charge is -2.30. The lowest BCUT2D eigenvalue weighted by Crippen LogP contribution is -2.13. The maximum absolute atomic E-state index is 2.44. The highest BCUT2D eigenvalue weighted by atomic mass is 32.1. The molecular weight excluding hydrogens is 867 g/mol. The smallest absolute Gasteiger partial charge is 0.0640 e. The minimum absolute atomic E-state index is 1.06. The van der Waals surface area contributed by atoms with Gasteiger partial charge in [-0.15, -0.1) is 11.3 Å². The van der Waals surface area contributed by atoms with Gasteiger partial charge in [0.15, 0.2) is 0 Å². The van der Waals surface area contributed by atoms with E-state index >= 15 is 0 Å². The molecular formula is C66H45N3S. The topological polar surface area (TPSA) is 11.4 Å². The molecule has 0 unspecified atom stereocenters. The molecule has 0 N–H and O–H groups in total. The number of aromatic nitrogens is 1. The summed E-state index contributed by atoms with van der Waals surface area (Å²) in [5.74, 6) is 0. The van der Waals surface area contributed by atoms with Crippen molar-refractivity contribution in [2.45, 2.75) is 0 Å². The van der Waals surface area contributed by atoms with Crippen molar-refractivity contribution >= 4 is 87.4 Å². The average molecular weight is 912 g/mol. The third-order valence-corrected chi connectivity index (χ3v) is 14.8. The number of nitrogens with zero attached hydrogens (tertiary/aromatic N) is 3. The minimum atomic E-state index is 1.06. The number of hydrogen-bond donors (Lipinski definition) is 0. The van der Waals surface area contributed by atoms with Gasteiger partial charge in [0.25, 0.3) is 0 Å². The van der Waals surface area contributed by atoms with Gasteiger partial charge in [0.05, 0.1) is 21.4 Å². The summed E-state index contributed by atoms with van der Waals surface area (Å²) >= 11 is 1.86. The summed E-state index contributed by atoms with van der Waals surface area (Å²) in [6.07, 6.45) is 0. The second-order valence-electron chi connectivity index (χ2n) is 17.7. The van der Waals surface area contributed by atoms with Crippen molar-refractivity contribution < 1.29 is 0 Å². The van der Waals surface area contributed by atoms with Crippen molar-refractivity contribution in [3.63, 3.8) is 0 Å². The van der Waals surface area contributed by atoms with Crippen LogP contribution in [0.4, 0.5) is 34.1 Å². The second-order valence-corrected chi connectivity index (χ2v) is 18.8. The Kier molecular flexibility index (Phi) is 10.4. The molecule has 330 valence electrons. The first-order valence-electron chi connectivity index (χ1n) is 23.8. The first kappa shape index (κ1) is 41.2. The van der Waals surface area contributed by atoms with Gasteiger partial charge in [-0.3, -0.25) is 0 Å². The minimum Gasteiger partial charge on any atom is -0.310 e. The molecule has 4 heteroatoms. The second kappa shape index (κ2) is 17.6. The van der Waals surface area contributed by atoms with Gasteiger partial charge in [-0.1, -0.05) is 182 Å². The third kappa shape index (κ3) is 7.39. The zero-order valence-electron chi connectivity index (χ0n) is 38.2. The van der Waals surface area contributed by atoms with Gasteiger partial charge in [0.2, 0.25) is 0 Å². The Morgan fingerprint density at radius 3 is 1.30 bits per heavy atom. The first-order valence-corrected chi connectivity index (χ1v) is 24.6. The van der Waals surface area contributed by atoms with Gasteiger partial charge in [-0.05, 0) is 124 Å². The van der Waals surface area contributed by atoms with E-state index in [1.54, 1.807) is 0 Å². The highest BCUT2D eigenvalue weighted by Crippen LogP contribution is 2.47. The zero-order valence-corrected chi connectivity index (χ0v) is 39.0. The molecule has 0 aliphatic rings. The van der Waals surface area contributed by atoms with Crippen LogP contribution in [0.1, 0.15) is 0 Å². The predicted octanol–water partition coefficient (Wildman–Crippen LogP) is 19.1. The molecule has 0 saturated carbocycles. The van der Waals surface area contributed by atoms with Crippen LogP contribution in [0.2, 0.25) is 0 Å². The fourth-order valence-corrected chi connectivity index (χ4v) is 11.5. The Balaban J connectivity index is 0.935. The summed E-state index contributed by atoms with van der Waals surface area (Å²) in [6.45, 7) is 0. The summed E-state index contributed by atoms with van der Waals surface area (Å²) in [5.41, 5.74) is 17.1. The molecule has 0 aliphatic heterocycles. The Bertz CT molecular complexity index is 3870. The predicted molar refractivity (Wildman–Crippen MR) is 299 cm³/mol. The molecule has 0 aliphatic carbocycles. The van der Waals surface area contributed by atoms with Crippen molar-refractivity contribution in [2.75, 3.05) is 9.80 Å². The van der Waals surface area contributed by atoms with Crippen LogP contribution in [0.5, 0.6) is 0 Å². The molecule has 0 bridgehead atoms. The number of para-hydroxylation sites is 2. The van der Waals surface area contributed by atoms with Crippen molar-refractivity contribution in [1.82, 2.24) is 4.57 Å². The van der Waals surface area contributed by atoms with Crippen molar-refractivity contribution in [3.05, 3.63) is 273 Å². The highest BCUT2D eigenvalue weighted by Gasteiger charge is 2.21. The summed E-state index contributed by atoms with van der Waals surface area (Å²) in [5, 5.41) is 5.07. The molecule has 70 heavy (non-hydrogen) atoms. The summed E-state index contributed by atoms with van der Waals surface area (Å²) in [4.78, 5) is 4.84. The van der Waals surface area contributed by atoms with Gasteiger partial charge in [0.1, 0.15) is 0 Å². The van der Waals surface area contributed by atoms with E-state index in [0.29, 0.717) is 0 Å². The van der Waals surface area contributed by atoms with Gasteiger partial charge in [-0.2, -0.15) is 0 Å². The highest BCUT2D eigenvalue weighted by molar-refractivity contribution is 7.26. The van der Waals surface area contributed by atoms with Gasteiger partial charge in [0, 0.05) is 60.4 Å². The molecule has 3 nitrogen and oxygen atoms in total. The maximum atomic E-state index is 2.44. The van der Waals surface area contributed by atoms with Crippen LogP contribution < -0.4 is 9.80 Å². The van der Waals surface area contributed by atoms with Gasteiger partial charge >= 0.3 is 0 Å². The standard InChI is InChI=1S/C66H45N3S/c1-3-17-46(18-4-1)50-21-13-23-54(43-50)67(55-24-14-22-51(44-55)47-19-5-2-6-20-47)56-25-15-26-57(45-56)68(64-33-16-30-61-60-29-9-12-34-65(60)70-66(61)64)52-39-35-48(36-40-52)49-37-41-53(42-38-49)69-62-31-10-7-27-58(62)59-28-8-11-32-63(59)69/h1-45H. The molecule has 0 radical (unpaired) electrons. The van der Waals surface area contributed by atoms with Crippen LogP contribution in [-0.4, -0.2) is 4.57 Å². The fraction of sp³-hybridized carbons (Fsp3) is 0. The van der Waals surface area contributed by atoms with E-state index < -0.39 is 0 Å². The summed E-state index contributed by atoms with van der Waals surface area (Å²) in [6, 6.07) is 99.1. The number of thiophene rings is 1. The first-order chi connectivity index (χ1) is 34.7. The number of benzene rings is 11. The molecule has 2 heterocycles. The monoisotopic (exact) mass is 911 g/mol. The van der Waals surface area contributed by atoms with E-state index in [4.69, 9.17) is 0 Å². The van der Waals surface area contributed by atoms with E-state index in [0.717, 1.165) is 56.5 Å². The summed E-state index contributed by atoms with van der Waals surface area (Å²) in [7, 11) is 0. The van der Waals surface area contributed by atoms with Crippen LogP contribution in [0.15, 0.2) is 273 Å². The van der Waals surface area contributed by atoms with Crippen molar-refractivity contribution in [1.29, 1.82) is 0 Å². The molecule has 0 spiro atoms. The van der Waals surface area contributed by atoms with Crippen LogP contribution in [0.25, 0.3) is 81.0 Å². The van der Waals surface area contributed by atoms with Crippen molar-refractivity contribution in [3.8, 4) is 39.1 Å². The maximum Gasteiger partial charge on any atom is 0.0640 e. The molecule has 13 aromatic rings. The van der Waals surface area contributed by atoms with Gasteiger partial charge in [-0.25, -0.2) is 0 Å².